The topological polar surface area (TPSA) is 29.9 Å². The van der Waals surface area contributed by atoms with Gasteiger partial charge in [0.05, 0.1) is 12.2 Å². The molecule has 0 saturated heterocycles. The molecule has 0 aliphatic carbocycles. The number of nitrogens with one attached hydrogen (secondary N) is 1. The van der Waals surface area contributed by atoms with Crippen LogP contribution in [-0.4, -0.2) is 9.78 Å². The first-order chi connectivity index (χ1) is 8.60. The highest BCUT2D eigenvalue weighted by molar-refractivity contribution is 5.46. The molecule has 1 atom stereocenters. The first-order valence-corrected chi connectivity index (χ1v) is 6.15. The van der Waals surface area contributed by atoms with Gasteiger partial charge in [-0.3, -0.25) is 4.68 Å². The zero-order chi connectivity index (χ0) is 13.1. The molecule has 18 heavy (non-hydrogen) atoms. The van der Waals surface area contributed by atoms with Crippen molar-refractivity contribution in [1.82, 2.24) is 9.78 Å². The molecule has 1 heterocycles. The third kappa shape index (κ3) is 2.70. The van der Waals surface area contributed by atoms with Crippen molar-refractivity contribution in [2.75, 3.05) is 5.32 Å². The highest BCUT2D eigenvalue weighted by Crippen LogP contribution is 2.20. The SMILES string of the molecule is CCn1cc(C(C)Nc2ccc(C)c(F)c2)cn1. The van der Waals surface area contributed by atoms with Gasteiger partial charge in [-0.25, -0.2) is 4.39 Å². The monoisotopic (exact) mass is 247 g/mol. The van der Waals surface area contributed by atoms with Crippen LogP contribution in [0, 0.1) is 12.7 Å². The quantitative estimate of drug-likeness (QED) is 0.895. The zero-order valence-electron chi connectivity index (χ0n) is 10.9. The van der Waals surface area contributed by atoms with Crippen molar-refractivity contribution in [2.24, 2.45) is 0 Å². The van der Waals surface area contributed by atoms with Gasteiger partial charge >= 0.3 is 0 Å². The Bertz CT molecular complexity index is 534. The van der Waals surface area contributed by atoms with E-state index >= 15 is 0 Å². The number of benzene rings is 1. The third-order valence-electron chi connectivity index (χ3n) is 3.03. The summed E-state index contributed by atoms with van der Waals surface area (Å²) in [5.41, 5.74) is 2.54. The van der Waals surface area contributed by atoms with E-state index in [9.17, 15) is 4.39 Å². The minimum Gasteiger partial charge on any atom is -0.378 e. The Morgan fingerprint density at radius 2 is 2.22 bits per heavy atom. The predicted octanol–water partition coefficient (Wildman–Crippen LogP) is 3.52. The van der Waals surface area contributed by atoms with Crippen LogP contribution < -0.4 is 5.32 Å². The maximum absolute atomic E-state index is 13.4. The lowest BCUT2D eigenvalue weighted by Gasteiger charge is -2.14. The van der Waals surface area contributed by atoms with E-state index in [1.54, 1.807) is 13.0 Å². The number of halogens is 1. The molecular weight excluding hydrogens is 229 g/mol. The summed E-state index contributed by atoms with van der Waals surface area (Å²) >= 11 is 0. The summed E-state index contributed by atoms with van der Waals surface area (Å²) < 4.78 is 15.3. The molecular formula is C14H18FN3. The summed E-state index contributed by atoms with van der Waals surface area (Å²) in [7, 11) is 0. The van der Waals surface area contributed by atoms with Crippen molar-refractivity contribution < 1.29 is 4.39 Å². The summed E-state index contributed by atoms with van der Waals surface area (Å²) in [6, 6.07) is 5.29. The molecule has 0 bridgehead atoms. The molecule has 1 unspecified atom stereocenters. The Morgan fingerprint density at radius 3 is 2.83 bits per heavy atom. The minimum absolute atomic E-state index is 0.104. The maximum atomic E-state index is 13.4. The van der Waals surface area contributed by atoms with Crippen LogP contribution in [0.1, 0.15) is 31.0 Å². The van der Waals surface area contributed by atoms with Crippen molar-refractivity contribution in [1.29, 1.82) is 0 Å². The van der Waals surface area contributed by atoms with Gasteiger partial charge < -0.3 is 5.32 Å². The molecule has 2 aromatic rings. The van der Waals surface area contributed by atoms with E-state index in [0.717, 1.165) is 17.8 Å². The second-order valence-electron chi connectivity index (χ2n) is 4.46. The number of aryl methyl sites for hydroxylation is 2. The second kappa shape index (κ2) is 5.21. The lowest BCUT2D eigenvalue weighted by atomic mass is 10.1. The fraction of sp³-hybridized carbons (Fsp3) is 0.357. The molecule has 0 spiro atoms. The fourth-order valence-corrected chi connectivity index (χ4v) is 1.79. The normalized spacial score (nSPS) is 12.4. The average molecular weight is 247 g/mol. The molecule has 1 N–H and O–H groups in total. The van der Waals surface area contributed by atoms with Gasteiger partial charge in [0.1, 0.15) is 5.82 Å². The Labute approximate surface area is 107 Å². The van der Waals surface area contributed by atoms with E-state index in [4.69, 9.17) is 0 Å². The number of hydrogen-bond donors (Lipinski definition) is 1. The Hall–Kier alpha value is -1.84. The number of nitrogens with zero attached hydrogens (tertiary/aromatic N) is 2. The van der Waals surface area contributed by atoms with Crippen LogP contribution in [0.15, 0.2) is 30.6 Å². The van der Waals surface area contributed by atoms with Crippen LogP contribution in [0.4, 0.5) is 10.1 Å². The van der Waals surface area contributed by atoms with Gasteiger partial charge in [-0.2, -0.15) is 5.10 Å². The number of hydrogen-bond acceptors (Lipinski definition) is 2. The van der Waals surface area contributed by atoms with E-state index in [1.165, 1.54) is 6.07 Å². The molecule has 4 heteroatoms. The smallest absolute Gasteiger partial charge is 0.128 e. The molecule has 0 radical (unpaired) electrons. The van der Waals surface area contributed by atoms with Gasteiger partial charge in [0.25, 0.3) is 0 Å². The van der Waals surface area contributed by atoms with Crippen LogP contribution in [-0.2, 0) is 6.54 Å². The Balaban J connectivity index is 2.10. The Kier molecular flexibility index (Phi) is 3.65. The number of anilines is 1. The van der Waals surface area contributed by atoms with E-state index in [0.29, 0.717) is 5.56 Å². The van der Waals surface area contributed by atoms with Gasteiger partial charge in [-0.1, -0.05) is 6.07 Å². The van der Waals surface area contributed by atoms with Crippen LogP contribution in [0.2, 0.25) is 0 Å². The van der Waals surface area contributed by atoms with Crippen molar-refractivity contribution in [3.63, 3.8) is 0 Å². The lowest BCUT2D eigenvalue weighted by molar-refractivity contribution is 0.618. The molecule has 1 aromatic heterocycles. The summed E-state index contributed by atoms with van der Waals surface area (Å²) in [5.74, 6) is -0.184. The summed E-state index contributed by atoms with van der Waals surface area (Å²) in [6.45, 7) is 6.69. The third-order valence-corrected chi connectivity index (χ3v) is 3.03. The van der Waals surface area contributed by atoms with Crippen LogP contribution in [0.25, 0.3) is 0 Å². The number of aromatic nitrogens is 2. The van der Waals surface area contributed by atoms with Crippen molar-refractivity contribution in [3.05, 3.63) is 47.5 Å². The zero-order valence-corrected chi connectivity index (χ0v) is 10.9. The fourth-order valence-electron chi connectivity index (χ4n) is 1.79. The second-order valence-corrected chi connectivity index (χ2v) is 4.46. The maximum Gasteiger partial charge on any atom is 0.128 e. The molecule has 3 nitrogen and oxygen atoms in total. The van der Waals surface area contributed by atoms with E-state index < -0.39 is 0 Å². The van der Waals surface area contributed by atoms with E-state index in [-0.39, 0.29) is 11.9 Å². The Morgan fingerprint density at radius 1 is 1.44 bits per heavy atom. The average Bonchev–Trinajstić information content (AvgIpc) is 2.82. The van der Waals surface area contributed by atoms with Crippen LogP contribution in [0.5, 0.6) is 0 Å². The first kappa shape index (κ1) is 12.6. The van der Waals surface area contributed by atoms with E-state index in [2.05, 4.69) is 10.4 Å². The van der Waals surface area contributed by atoms with Crippen molar-refractivity contribution in [2.45, 2.75) is 33.4 Å². The van der Waals surface area contributed by atoms with Gasteiger partial charge in [-0.05, 0) is 38.5 Å². The molecule has 1 aromatic carbocycles. The standard InChI is InChI=1S/C14H18FN3/c1-4-18-9-12(8-16-18)11(3)17-13-6-5-10(2)14(15)7-13/h5-9,11,17H,4H2,1-3H3. The van der Waals surface area contributed by atoms with Crippen molar-refractivity contribution in [3.8, 4) is 0 Å². The summed E-state index contributed by atoms with van der Waals surface area (Å²) in [6.07, 6.45) is 3.84. The first-order valence-electron chi connectivity index (χ1n) is 6.15. The highest BCUT2D eigenvalue weighted by atomic mass is 19.1. The summed E-state index contributed by atoms with van der Waals surface area (Å²) in [4.78, 5) is 0. The van der Waals surface area contributed by atoms with Crippen LogP contribution in [0.3, 0.4) is 0 Å². The molecule has 0 amide bonds. The van der Waals surface area contributed by atoms with Crippen molar-refractivity contribution >= 4 is 5.69 Å². The molecule has 0 aliphatic heterocycles. The lowest BCUT2D eigenvalue weighted by Crippen LogP contribution is -2.06. The van der Waals surface area contributed by atoms with Gasteiger partial charge in [0.2, 0.25) is 0 Å². The number of rotatable bonds is 4. The molecule has 96 valence electrons. The highest BCUT2D eigenvalue weighted by Gasteiger charge is 2.08. The van der Waals surface area contributed by atoms with Gasteiger partial charge in [0.15, 0.2) is 0 Å². The predicted molar refractivity (Wildman–Crippen MR) is 71.1 cm³/mol. The van der Waals surface area contributed by atoms with Gasteiger partial charge in [-0.15, -0.1) is 0 Å². The summed E-state index contributed by atoms with van der Waals surface area (Å²) in [5, 5.41) is 7.50. The van der Waals surface area contributed by atoms with E-state index in [1.807, 2.05) is 37.0 Å². The largest absolute Gasteiger partial charge is 0.378 e. The molecule has 2 rings (SSSR count). The molecule has 0 saturated carbocycles. The molecule has 0 aliphatic rings. The van der Waals surface area contributed by atoms with Gasteiger partial charge in [0, 0.05) is 24.0 Å². The molecule has 0 fully saturated rings. The minimum atomic E-state index is -0.184. The van der Waals surface area contributed by atoms with Crippen LogP contribution >= 0.6 is 0 Å².